The normalized spacial score (nSPS) is 23.1. The smallest absolute Gasteiger partial charge is 0.0967 e. The lowest BCUT2D eigenvalue weighted by Crippen LogP contribution is -2.49. The molecular formula is C11H22N6. The van der Waals surface area contributed by atoms with E-state index in [0.717, 1.165) is 38.4 Å². The lowest BCUT2D eigenvalue weighted by atomic mass is 10.2. The fourth-order valence-electron chi connectivity index (χ4n) is 2.27. The maximum Gasteiger partial charge on any atom is 0.0967 e. The second kappa shape index (κ2) is 5.57. The Labute approximate surface area is 102 Å². The molecule has 2 N–H and O–H groups in total. The Morgan fingerprint density at radius 1 is 1.47 bits per heavy atom. The highest BCUT2D eigenvalue weighted by molar-refractivity contribution is 4.94. The number of nitrogens with zero attached hydrogens (tertiary/aromatic N) is 5. The average Bonchev–Trinajstić information content (AvgIpc) is 2.71. The van der Waals surface area contributed by atoms with Crippen LogP contribution in [-0.2, 0) is 13.1 Å². The Morgan fingerprint density at radius 2 is 2.29 bits per heavy atom. The molecule has 1 aromatic heterocycles. The molecule has 0 saturated carbocycles. The van der Waals surface area contributed by atoms with Crippen molar-refractivity contribution in [2.75, 3.05) is 33.2 Å². The molecule has 1 atom stereocenters. The van der Waals surface area contributed by atoms with Crippen LogP contribution in [-0.4, -0.2) is 64.1 Å². The van der Waals surface area contributed by atoms with Gasteiger partial charge in [-0.15, -0.1) is 5.10 Å². The SMILES string of the molecule is CC1CN(C)CCN1Cc1cn(CCN)nn1. The van der Waals surface area contributed by atoms with Gasteiger partial charge in [-0.05, 0) is 14.0 Å². The van der Waals surface area contributed by atoms with Crippen LogP contribution in [0.15, 0.2) is 6.20 Å². The maximum atomic E-state index is 5.49. The summed E-state index contributed by atoms with van der Waals surface area (Å²) in [6.07, 6.45) is 2.00. The van der Waals surface area contributed by atoms with Gasteiger partial charge in [0.25, 0.3) is 0 Å². The van der Waals surface area contributed by atoms with Crippen molar-refractivity contribution in [3.8, 4) is 0 Å². The third kappa shape index (κ3) is 3.24. The van der Waals surface area contributed by atoms with E-state index in [9.17, 15) is 0 Å². The Balaban J connectivity index is 1.91. The number of hydrogen-bond donors (Lipinski definition) is 1. The Hall–Kier alpha value is -0.980. The zero-order valence-corrected chi connectivity index (χ0v) is 10.7. The minimum atomic E-state index is 0.577. The van der Waals surface area contributed by atoms with Crippen LogP contribution in [0.3, 0.4) is 0 Å². The largest absolute Gasteiger partial charge is 0.329 e. The average molecular weight is 238 g/mol. The van der Waals surface area contributed by atoms with Crippen molar-refractivity contribution >= 4 is 0 Å². The Bertz CT molecular complexity index is 349. The minimum Gasteiger partial charge on any atom is -0.329 e. The first-order chi connectivity index (χ1) is 8.19. The van der Waals surface area contributed by atoms with E-state index in [1.165, 1.54) is 0 Å². The van der Waals surface area contributed by atoms with Crippen molar-refractivity contribution in [1.82, 2.24) is 24.8 Å². The molecule has 1 aliphatic heterocycles. The molecule has 2 heterocycles. The third-order valence-corrected chi connectivity index (χ3v) is 3.28. The van der Waals surface area contributed by atoms with E-state index in [4.69, 9.17) is 5.73 Å². The summed E-state index contributed by atoms with van der Waals surface area (Å²) in [7, 11) is 2.17. The molecule has 1 aliphatic rings. The van der Waals surface area contributed by atoms with E-state index in [2.05, 4.69) is 34.1 Å². The van der Waals surface area contributed by atoms with Crippen LogP contribution in [0.1, 0.15) is 12.6 Å². The predicted octanol–water partition coefficient (Wildman–Crippen LogP) is -0.627. The second-order valence-electron chi connectivity index (χ2n) is 4.84. The quantitative estimate of drug-likeness (QED) is 0.757. The summed E-state index contributed by atoms with van der Waals surface area (Å²) in [6, 6.07) is 0.577. The standard InChI is InChI=1S/C11H22N6/c1-10-7-15(2)5-6-16(10)8-11-9-17(4-3-12)14-13-11/h9-10H,3-8,12H2,1-2H3. The number of nitrogens with two attached hydrogens (primary N) is 1. The van der Waals surface area contributed by atoms with E-state index < -0.39 is 0 Å². The Kier molecular flexibility index (Phi) is 4.09. The molecule has 0 bridgehead atoms. The lowest BCUT2D eigenvalue weighted by molar-refractivity contribution is 0.0927. The van der Waals surface area contributed by atoms with Gasteiger partial charge in [0.15, 0.2) is 0 Å². The summed E-state index contributed by atoms with van der Waals surface area (Å²) in [4.78, 5) is 4.82. The van der Waals surface area contributed by atoms with Gasteiger partial charge in [0.2, 0.25) is 0 Å². The molecule has 96 valence electrons. The first kappa shape index (κ1) is 12.5. The van der Waals surface area contributed by atoms with Crippen LogP contribution < -0.4 is 5.73 Å². The van der Waals surface area contributed by atoms with E-state index in [1.54, 1.807) is 0 Å². The molecule has 1 fully saturated rings. The van der Waals surface area contributed by atoms with Crippen molar-refractivity contribution in [3.63, 3.8) is 0 Å². The molecule has 0 radical (unpaired) electrons. The van der Waals surface area contributed by atoms with Crippen LogP contribution in [0, 0.1) is 0 Å². The molecule has 0 spiro atoms. The summed E-state index contributed by atoms with van der Waals surface area (Å²) in [5.74, 6) is 0. The molecular weight excluding hydrogens is 216 g/mol. The van der Waals surface area contributed by atoms with Gasteiger partial charge >= 0.3 is 0 Å². The molecule has 2 rings (SSSR count). The van der Waals surface area contributed by atoms with E-state index in [0.29, 0.717) is 12.6 Å². The van der Waals surface area contributed by atoms with Crippen LogP contribution in [0.5, 0.6) is 0 Å². The zero-order chi connectivity index (χ0) is 12.3. The van der Waals surface area contributed by atoms with Gasteiger partial charge in [-0.25, -0.2) is 0 Å². The molecule has 17 heavy (non-hydrogen) atoms. The molecule has 1 saturated heterocycles. The van der Waals surface area contributed by atoms with Crippen LogP contribution in [0.2, 0.25) is 0 Å². The Morgan fingerprint density at radius 3 is 3.00 bits per heavy atom. The van der Waals surface area contributed by atoms with Gasteiger partial charge in [0, 0.05) is 45.0 Å². The highest BCUT2D eigenvalue weighted by Crippen LogP contribution is 2.11. The number of piperazine rings is 1. The van der Waals surface area contributed by atoms with Crippen molar-refractivity contribution in [1.29, 1.82) is 0 Å². The van der Waals surface area contributed by atoms with Gasteiger partial charge in [-0.3, -0.25) is 9.58 Å². The van der Waals surface area contributed by atoms with Crippen molar-refractivity contribution in [2.24, 2.45) is 5.73 Å². The summed E-state index contributed by atoms with van der Waals surface area (Å²) < 4.78 is 1.82. The first-order valence-corrected chi connectivity index (χ1v) is 6.20. The van der Waals surface area contributed by atoms with Crippen LogP contribution >= 0.6 is 0 Å². The lowest BCUT2D eigenvalue weighted by Gasteiger charge is -2.37. The summed E-state index contributed by atoms with van der Waals surface area (Å²) in [6.45, 7) is 7.85. The highest BCUT2D eigenvalue weighted by Gasteiger charge is 2.22. The highest BCUT2D eigenvalue weighted by atomic mass is 15.4. The monoisotopic (exact) mass is 238 g/mol. The van der Waals surface area contributed by atoms with Gasteiger partial charge < -0.3 is 10.6 Å². The summed E-state index contributed by atoms with van der Waals surface area (Å²) >= 11 is 0. The number of hydrogen-bond acceptors (Lipinski definition) is 5. The predicted molar refractivity (Wildman–Crippen MR) is 66.4 cm³/mol. The fraction of sp³-hybridized carbons (Fsp3) is 0.818. The van der Waals surface area contributed by atoms with Gasteiger partial charge in [-0.2, -0.15) is 0 Å². The van der Waals surface area contributed by atoms with E-state index >= 15 is 0 Å². The van der Waals surface area contributed by atoms with Gasteiger partial charge in [-0.1, -0.05) is 5.21 Å². The zero-order valence-electron chi connectivity index (χ0n) is 10.7. The fourth-order valence-corrected chi connectivity index (χ4v) is 2.27. The molecule has 1 aromatic rings. The van der Waals surface area contributed by atoms with E-state index in [1.807, 2.05) is 10.9 Å². The van der Waals surface area contributed by atoms with Gasteiger partial charge in [0.1, 0.15) is 0 Å². The van der Waals surface area contributed by atoms with Crippen LogP contribution in [0.25, 0.3) is 0 Å². The molecule has 6 nitrogen and oxygen atoms in total. The molecule has 0 amide bonds. The molecule has 1 unspecified atom stereocenters. The first-order valence-electron chi connectivity index (χ1n) is 6.20. The molecule has 0 aliphatic carbocycles. The maximum absolute atomic E-state index is 5.49. The van der Waals surface area contributed by atoms with Crippen LogP contribution in [0.4, 0.5) is 0 Å². The van der Waals surface area contributed by atoms with Crippen molar-refractivity contribution in [3.05, 3.63) is 11.9 Å². The number of aromatic nitrogens is 3. The number of likely N-dealkylation sites (N-methyl/N-ethyl adjacent to an activating group) is 1. The van der Waals surface area contributed by atoms with Crippen molar-refractivity contribution < 1.29 is 0 Å². The van der Waals surface area contributed by atoms with E-state index in [-0.39, 0.29) is 0 Å². The minimum absolute atomic E-state index is 0.577. The molecule has 0 aromatic carbocycles. The summed E-state index contributed by atoms with van der Waals surface area (Å²) in [5.41, 5.74) is 6.52. The molecule has 6 heteroatoms. The second-order valence-corrected chi connectivity index (χ2v) is 4.84. The topological polar surface area (TPSA) is 63.2 Å². The van der Waals surface area contributed by atoms with Crippen molar-refractivity contribution in [2.45, 2.75) is 26.1 Å². The van der Waals surface area contributed by atoms with Gasteiger partial charge in [0.05, 0.1) is 12.2 Å². The summed E-state index contributed by atoms with van der Waals surface area (Å²) in [5, 5.41) is 8.25. The number of rotatable bonds is 4. The third-order valence-electron chi connectivity index (χ3n) is 3.28.